The normalized spacial score (nSPS) is 20.8. The van der Waals surface area contributed by atoms with Gasteiger partial charge in [-0.1, -0.05) is 0 Å². The number of sulfonamides is 1. The van der Waals surface area contributed by atoms with Crippen molar-refractivity contribution in [3.8, 4) is 6.07 Å². The molecule has 1 fully saturated rings. The first kappa shape index (κ1) is 13.1. The molecule has 0 aromatic heterocycles. The van der Waals surface area contributed by atoms with E-state index in [9.17, 15) is 8.42 Å². The molecule has 1 heterocycles. The number of nitrogens with zero attached hydrogens (tertiary/aromatic N) is 2. The Labute approximate surface area is 108 Å². The van der Waals surface area contributed by atoms with Crippen molar-refractivity contribution >= 4 is 10.0 Å². The van der Waals surface area contributed by atoms with E-state index in [1.807, 2.05) is 13.0 Å². The van der Waals surface area contributed by atoms with Gasteiger partial charge < -0.3 is 0 Å². The lowest BCUT2D eigenvalue weighted by Gasteiger charge is -2.22. The highest BCUT2D eigenvalue weighted by Crippen LogP contribution is 2.27. The molecule has 1 unspecified atom stereocenters. The summed E-state index contributed by atoms with van der Waals surface area (Å²) in [6.45, 7) is 4.25. The Balaban J connectivity index is 2.45. The monoisotopic (exact) mass is 264 g/mol. The highest BCUT2D eigenvalue weighted by molar-refractivity contribution is 7.89. The molecule has 2 rings (SSSR count). The largest absolute Gasteiger partial charge is 0.243 e. The lowest BCUT2D eigenvalue weighted by atomic mass is 10.2. The van der Waals surface area contributed by atoms with Crippen molar-refractivity contribution in [3.05, 3.63) is 29.3 Å². The summed E-state index contributed by atoms with van der Waals surface area (Å²) in [5.41, 5.74) is 1.12. The number of rotatable bonds is 2. The number of aryl methyl sites for hydroxylation is 1. The van der Waals surface area contributed by atoms with Gasteiger partial charge in [0.25, 0.3) is 0 Å². The van der Waals surface area contributed by atoms with Crippen LogP contribution in [0.2, 0.25) is 0 Å². The van der Waals surface area contributed by atoms with Crippen LogP contribution < -0.4 is 0 Å². The molecule has 0 aliphatic carbocycles. The Morgan fingerprint density at radius 2 is 2.17 bits per heavy atom. The fourth-order valence-electron chi connectivity index (χ4n) is 2.40. The first-order chi connectivity index (χ1) is 8.46. The molecule has 18 heavy (non-hydrogen) atoms. The zero-order chi connectivity index (χ0) is 13.3. The van der Waals surface area contributed by atoms with Gasteiger partial charge in [-0.25, -0.2) is 8.42 Å². The van der Waals surface area contributed by atoms with Gasteiger partial charge in [0.05, 0.1) is 16.5 Å². The lowest BCUT2D eigenvalue weighted by molar-refractivity contribution is 0.408. The third-order valence-electron chi connectivity index (χ3n) is 3.38. The average Bonchev–Trinajstić information content (AvgIpc) is 2.75. The van der Waals surface area contributed by atoms with E-state index in [1.165, 1.54) is 6.07 Å². The van der Waals surface area contributed by atoms with Gasteiger partial charge in [0.2, 0.25) is 10.0 Å². The van der Waals surface area contributed by atoms with Crippen LogP contribution in [-0.4, -0.2) is 25.3 Å². The number of benzene rings is 1. The van der Waals surface area contributed by atoms with Crippen molar-refractivity contribution in [1.82, 2.24) is 4.31 Å². The van der Waals surface area contributed by atoms with Crippen molar-refractivity contribution in [1.29, 1.82) is 5.26 Å². The van der Waals surface area contributed by atoms with E-state index < -0.39 is 10.0 Å². The molecule has 1 aliphatic heterocycles. The third-order valence-corrected chi connectivity index (χ3v) is 5.56. The van der Waals surface area contributed by atoms with Gasteiger partial charge in [0.15, 0.2) is 0 Å². The van der Waals surface area contributed by atoms with Gasteiger partial charge in [-0.05, 0) is 50.5 Å². The van der Waals surface area contributed by atoms with Crippen molar-refractivity contribution in [2.45, 2.75) is 37.6 Å². The molecule has 0 N–H and O–H groups in total. The molecular weight excluding hydrogens is 248 g/mol. The predicted molar refractivity (Wildman–Crippen MR) is 68.5 cm³/mol. The van der Waals surface area contributed by atoms with Crippen molar-refractivity contribution in [2.75, 3.05) is 6.54 Å². The van der Waals surface area contributed by atoms with Crippen LogP contribution in [0.5, 0.6) is 0 Å². The van der Waals surface area contributed by atoms with E-state index in [2.05, 4.69) is 0 Å². The molecule has 0 amide bonds. The Hall–Kier alpha value is -1.38. The summed E-state index contributed by atoms with van der Waals surface area (Å²) < 4.78 is 26.6. The van der Waals surface area contributed by atoms with Crippen LogP contribution >= 0.6 is 0 Å². The summed E-state index contributed by atoms with van der Waals surface area (Å²) in [6.07, 6.45) is 1.82. The molecular formula is C13H16N2O2S. The quantitative estimate of drug-likeness (QED) is 0.821. The Morgan fingerprint density at radius 3 is 2.67 bits per heavy atom. The maximum Gasteiger partial charge on any atom is 0.243 e. The van der Waals surface area contributed by atoms with Crippen LogP contribution in [0.3, 0.4) is 0 Å². The van der Waals surface area contributed by atoms with E-state index in [4.69, 9.17) is 5.26 Å². The molecule has 1 aromatic rings. The van der Waals surface area contributed by atoms with Crippen LogP contribution in [0.15, 0.2) is 23.1 Å². The first-order valence-electron chi connectivity index (χ1n) is 5.99. The Bertz CT molecular complexity index is 602. The standard InChI is InChI=1S/C13H16N2O2S/c1-10-8-12(9-14)5-6-13(10)18(16,17)15-7-3-4-11(15)2/h5-6,8,11H,3-4,7H2,1-2H3. The van der Waals surface area contributed by atoms with Gasteiger partial charge in [-0.3, -0.25) is 0 Å². The first-order valence-corrected chi connectivity index (χ1v) is 7.43. The second kappa shape index (κ2) is 4.71. The number of hydrogen-bond acceptors (Lipinski definition) is 3. The van der Waals surface area contributed by atoms with E-state index >= 15 is 0 Å². The van der Waals surface area contributed by atoms with Gasteiger partial charge in [0.1, 0.15) is 0 Å². The highest BCUT2D eigenvalue weighted by atomic mass is 32.2. The lowest BCUT2D eigenvalue weighted by Crippen LogP contribution is -2.34. The van der Waals surface area contributed by atoms with Crippen molar-refractivity contribution in [2.24, 2.45) is 0 Å². The fraction of sp³-hybridized carbons (Fsp3) is 0.462. The predicted octanol–water partition coefficient (Wildman–Crippen LogP) is 2.04. The van der Waals surface area contributed by atoms with E-state index in [0.29, 0.717) is 22.6 Å². The van der Waals surface area contributed by atoms with E-state index in [1.54, 1.807) is 23.4 Å². The zero-order valence-corrected chi connectivity index (χ0v) is 11.4. The summed E-state index contributed by atoms with van der Waals surface area (Å²) in [5.74, 6) is 0. The average molecular weight is 264 g/mol. The minimum Gasteiger partial charge on any atom is -0.207 e. The molecule has 1 aliphatic rings. The molecule has 0 spiro atoms. The molecule has 0 radical (unpaired) electrons. The van der Waals surface area contributed by atoms with Crippen LogP contribution in [0.4, 0.5) is 0 Å². The van der Waals surface area contributed by atoms with Gasteiger partial charge in [-0.15, -0.1) is 0 Å². The summed E-state index contributed by atoms with van der Waals surface area (Å²) in [4.78, 5) is 0.315. The van der Waals surface area contributed by atoms with Crippen molar-refractivity contribution < 1.29 is 8.42 Å². The Morgan fingerprint density at radius 1 is 1.44 bits per heavy atom. The number of nitriles is 1. The van der Waals surface area contributed by atoms with E-state index in [0.717, 1.165) is 12.8 Å². The Kier molecular flexibility index (Phi) is 3.42. The van der Waals surface area contributed by atoms with Gasteiger partial charge in [-0.2, -0.15) is 9.57 Å². The smallest absolute Gasteiger partial charge is 0.207 e. The summed E-state index contributed by atoms with van der Waals surface area (Å²) in [7, 11) is -3.42. The second-order valence-corrected chi connectivity index (χ2v) is 6.56. The van der Waals surface area contributed by atoms with E-state index in [-0.39, 0.29) is 6.04 Å². The van der Waals surface area contributed by atoms with Crippen LogP contribution in [0.25, 0.3) is 0 Å². The SMILES string of the molecule is Cc1cc(C#N)ccc1S(=O)(=O)N1CCCC1C. The number of hydrogen-bond donors (Lipinski definition) is 0. The highest BCUT2D eigenvalue weighted by Gasteiger charge is 2.33. The van der Waals surface area contributed by atoms with Crippen molar-refractivity contribution in [3.63, 3.8) is 0 Å². The van der Waals surface area contributed by atoms with Crippen LogP contribution in [0, 0.1) is 18.3 Å². The summed E-state index contributed by atoms with van der Waals surface area (Å²) in [6, 6.07) is 6.79. The zero-order valence-electron chi connectivity index (χ0n) is 10.5. The fourth-order valence-corrected chi connectivity index (χ4v) is 4.31. The topological polar surface area (TPSA) is 61.2 Å². The van der Waals surface area contributed by atoms with Crippen LogP contribution in [0.1, 0.15) is 30.9 Å². The third kappa shape index (κ3) is 2.14. The molecule has 4 nitrogen and oxygen atoms in total. The molecule has 1 saturated heterocycles. The molecule has 5 heteroatoms. The minimum absolute atomic E-state index is 0.0602. The summed E-state index contributed by atoms with van der Waals surface area (Å²) >= 11 is 0. The molecule has 1 aromatic carbocycles. The van der Waals surface area contributed by atoms with Gasteiger partial charge >= 0.3 is 0 Å². The molecule has 0 saturated carbocycles. The minimum atomic E-state index is -3.42. The summed E-state index contributed by atoms with van der Waals surface area (Å²) in [5, 5.41) is 8.80. The van der Waals surface area contributed by atoms with Gasteiger partial charge in [0, 0.05) is 12.6 Å². The second-order valence-electron chi connectivity index (χ2n) is 4.70. The maximum absolute atomic E-state index is 12.5. The van der Waals surface area contributed by atoms with Crippen LogP contribution in [-0.2, 0) is 10.0 Å². The maximum atomic E-state index is 12.5. The molecule has 0 bridgehead atoms. The molecule has 96 valence electrons. The molecule has 1 atom stereocenters.